The number of hydrogen-bond donors (Lipinski definition) is 0. The number of rotatable bonds is 0. The van der Waals surface area contributed by atoms with Crippen LogP contribution >= 0.6 is 0 Å². The molecule has 0 unspecified atom stereocenters. The van der Waals surface area contributed by atoms with E-state index in [1.165, 1.54) is 22.3 Å². The molecule has 13 aliphatic heterocycles. The Kier molecular flexibility index (Phi) is 11.1. The van der Waals surface area contributed by atoms with Crippen molar-refractivity contribution in [3.05, 3.63) is 262 Å². The summed E-state index contributed by atoms with van der Waals surface area (Å²) in [5.41, 5.74) is 12.7. The van der Waals surface area contributed by atoms with Crippen molar-refractivity contribution in [2.24, 2.45) is 0 Å². The van der Waals surface area contributed by atoms with Crippen LogP contribution in [0.2, 0.25) is 0 Å². The van der Waals surface area contributed by atoms with Crippen molar-refractivity contribution in [3.8, 4) is 47.4 Å². The number of benzene rings is 4. The molecule has 0 spiro atoms. The molecular formula is C56H40N4+4. The summed E-state index contributed by atoms with van der Waals surface area (Å²) in [5, 5.41) is 0. The molecule has 4 nitrogen and oxygen atoms in total. The third-order valence-electron chi connectivity index (χ3n) is 10.2. The van der Waals surface area contributed by atoms with E-state index in [2.05, 4.69) is 212 Å². The summed E-state index contributed by atoms with van der Waals surface area (Å²) in [5.74, 6) is 26.4. The molecule has 0 radical (unpaired) electrons. The van der Waals surface area contributed by atoms with E-state index < -0.39 is 0 Å². The zero-order valence-electron chi connectivity index (χ0n) is 33.1. The van der Waals surface area contributed by atoms with Gasteiger partial charge in [0.1, 0.15) is 0 Å². The van der Waals surface area contributed by atoms with Crippen LogP contribution in [0.15, 0.2) is 195 Å². The van der Waals surface area contributed by atoms with Gasteiger partial charge in [-0.2, -0.15) is 0 Å². The van der Waals surface area contributed by atoms with Gasteiger partial charge in [-0.25, -0.2) is 18.3 Å². The van der Waals surface area contributed by atoms with E-state index >= 15 is 0 Å². The van der Waals surface area contributed by atoms with E-state index in [0.717, 1.165) is 70.7 Å². The minimum Gasteiger partial charge on any atom is -0.201 e. The molecule has 4 aromatic heterocycles. The van der Waals surface area contributed by atoms with Gasteiger partial charge in [0.2, 0.25) is 0 Å². The molecule has 0 fully saturated rings. The molecule has 17 heterocycles. The van der Waals surface area contributed by atoms with Gasteiger partial charge >= 0.3 is 0 Å². The van der Waals surface area contributed by atoms with Crippen LogP contribution in [0.3, 0.4) is 0 Å². The van der Waals surface area contributed by atoms with Crippen molar-refractivity contribution in [1.82, 2.24) is 0 Å². The van der Waals surface area contributed by atoms with Gasteiger partial charge in [0.25, 0.3) is 0 Å². The zero-order valence-corrected chi connectivity index (χ0v) is 33.1. The molecule has 13 aliphatic rings. The van der Waals surface area contributed by atoms with Gasteiger partial charge in [0, 0.05) is 115 Å². The Morgan fingerprint density at radius 1 is 0.200 bits per heavy atom. The Bertz CT molecular complexity index is 2590. The van der Waals surface area contributed by atoms with Crippen LogP contribution in [0.5, 0.6) is 0 Å². The smallest absolute Gasteiger partial charge is 0.173 e. The van der Waals surface area contributed by atoms with Crippen LogP contribution in [0.1, 0.15) is 66.8 Å². The van der Waals surface area contributed by atoms with Crippen molar-refractivity contribution in [3.63, 3.8) is 0 Å². The maximum Gasteiger partial charge on any atom is 0.173 e. The van der Waals surface area contributed by atoms with E-state index in [-0.39, 0.29) is 0 Å². The second-order valence-electron chi connectivity index (χ2n) is 14.8. The van der Waals surface area contributed by atoms with Gasteiger partial charge in [0.05, 0.1) is 0 Å². The summed E-state index contributed by atoms with van der Waals surface area (Å²) >= 11 is 0. The first-order chi connectivity index (χ1) is 29.6. The number of nitrogens with zero attached hydrogens (tertiary/aromatic N) is 4. The van der Waals surface area contributed by atoms with Crippen molar-refractivity contribution >= 4 is 0 Å². The monoisotopic (exact) mass is 768 g/mol. The second-order valence-corrected chi connectivity index (χ2v) is 14.8. The van der Waals surface area contributed by atoms with Crippen LogP contribution in [0.25, 0.3) is 0 Å². The Balaban J connectivity index is 0.922. The largest absolute Gasteiger partial charge is 0.201 e. The van der Waals surface area contributed by atoms with Crippen LogP contribution in [-0.2, 0) is 26.2 Å². The SMILES string of the molecule is C1#Cc2cc[n+](cc2)Cc2ccc(cc2)C[n+]2ccc(cc2)C#Cc2ccc(cc2)C#Cc2cc[n+](cc2)Cc2ccc(cc2)C[n+]2ccc(cc2)C#Cc2ccc1cc2. The predicted molar refractivity (Wildman–Crippen MR) is 233 cm³/mol. The lowest BCUT2D eigenvalue weighted by molar-refractivity contribution is -0.689. The highest BCUT2D eigenvalue weighted by atomic mass is 14.9. The van der Waals surface area contributed by atoms with E-state index in [4.69, 9.17) is 0 Å². The zero-order chi connectivity index (χ0) is 40.4. The van der Waals surface area contributed by atoms with Gasteiger partial charge in [-0.1, -0.05) is 95.9 Å². The first-order valence-electron chi connectivity index (χ1n) is 20.0. The Labute approximate surface area is 352 Å². The third-order valence-corrected chi connectivity index (χ3v) is 10.2. The molecule has 0 saturated heterocycles. The highest BCUT2D eigenvalue weighted by molar-refractivity contribution is 5.48. The summed E-state index contributed by atoms with van der Waals surface area (Å²) in [6.45, 7) is 3.16. The van der Waals surface area contributed by atoms with Crippen LogP contribution in [-0.4, -0.2) is 0 Å². The number of aromatic nitrogens is 4. The van der Waals surface area contributed by atoms with Crippen LogP contribution in [0, 0.1) is 47.4 Å². The first kappa shape index (κ1) is 37.3. The van der Waals surface area contributed by atoms with Crippen molar-refractivity contribution in [2.75, 3.05) is 0 Å². The quantitative estimate of drug-likeness (QED) is 0.118. The first-order valence-corrected chi connectivity index (χ1v) is 20.0. The van der Waals surface area contributed by atoms with Crippen molar-refractivity contribution in [1.29, 1.82) is 0 Å². The lowest BCUT2D eigenvalue weighted by atomic mass is 10.1. The molecule has 0 amide bonds. The summed E-state index contributed by atoms with van der Waals surface area (Å²) in [6.07, 6.45) is 16.7. The maximum atomic E-state index is 3.30. The fraction of sp³-hybridized carbons (Fsp3) is 0.0714. The lowest BCUT2D eigenvalue weighted by Crippen LogP contribution is -2.34. The molecule has 16 bridgehead atoms. The van der Waals surface area contributed by atoms with Gasteiger partial charge < -0.3 is 0 Å². The fourth-order valence-electron chi connectivity index (χ4n) is 6.78. The summed E-state index contributed by atoms with van der Waals surface area (Å²) < 4.78 is 8.70. The van der Waals surface area contributed by atoms with E-state index in [0.29, 0.717) is 0 Å². The molecule has 4 aromatic carbocycles. The van der Waals surface area contributed by atoms with Gasteiger partial charge in [0.15, 0.2) is 75.8 Å². The van der Waals surface area contributed by atoms with Gasteiger partial charge in [-0.15, -0.1) is 0 Å². The normalized spacial score (nSPS) is 11.7. The number of pyridine rings is 4. The Hall–Kier alpha value is -8.28. The molecule has 280 valence electrons. The predicted octanol–water partition coefficient (Wildman–Crippen LogP) is 6.94. The molecule has 0 aliphatic carbocycles. The third kappa shape index (κ3) is 10.2. The lowest BCUT2D eigenvalue weighted by Gasteiger charge is -2.01. The standard InChI is InChI=1S/C56H40N4/c1-2-46-4-3-45(1)9-13-49-25-33-57(34-26-49)41-53-17-19-55(20-18-53)43-59-37-29-51(30-38-59)15-11-47-5-7-48(8-6-47)12-16-52-31-39-60(40-32-52)44-56-23-21-54(22-24-56)42-58-35-27-50(14-10-46)28-36-58/h1-8,17-40H,41-44H2/q+4. The minimum absolute atomic E-state index is 0.790. The highest BCUT2D eigenvalue weighted by Crippen LogP contribution is 2.09. The molecule has 0 saturated carbocycles. The topological polar surface area (TPSA) is 15.5 Å². The highest BCUT2D eigenvalue weighted by Gasteiger charge is 2.08. The van der Waals surface area contributed by atoms with Gasteiger partial charge in [-0.05, 0) is 48.5 Å². The minimum atomic E-state index is 0.790. The van der Waals surface area contributed by atoms with Crippen LogP contribution < -0.4 is 18.3 Å². The Morgan fingerprint density at radius 2 is 0.350 bits per heavy atom. The average Bonchev–Trinajstić information content (AvgIpc) is 3.30. The molecule has 0 atom stereocenters. The van der Waals surface area contributed by atoms with E-state index in [1.54, 1.807) is 0 Å². The molecule has 60 heavy (non-hydrogen) atoms. The van der Waals surface area contributed by atoms with Gasteiger partial charge in [-0.3, -0.25) is 0 Å². The molecular weight excluding hydrogens is 729 g/mol. The average molecular weight is 769 g/mol. The van der Waals surface area contributed by atoms with Crippen LogP contribution in [0.4, 0.5) is 0 Å². The summed E-state index contributed by atoms with van der Waals surface area (Å²) in [7, 11) is 0. The molecule has 8 aromatic rings. The second kappa shape index (κ2) is 17.9. The van der Waals surface area contributed by atoms with Crippen molar-refractivity contribution in [2.45, 2.75) is 26.2 Å². The maximum absolute atomic E-state index is 3.30. The van der Waals surface area contributed by atoms with Crippen molar-refractivity contribution < 1.29 is 18.3 Å². The molecule has 21 rings (SSSR count). The number of hydrogen-bond acceptors (Lipinski definition) is 0. The van der Waals surface area contributed by atoms with E-state index in [9.17, 15) is 0 Å². The summed E-state index contributed by atoms with van der Waals surface area (Å²) in [6, 6.07) is 50.4. The summed E-state index contributed by atoms with van der Waals surface area (Å²) in [4.78, 5) is 0. The molecule has 0 N–H and O–H groups in total. The van der Waals surface area contributed by atoms with E-state index in [1.807, 2.05) is 48.5 Å². The molecule has 4 heteroatoms. The Morgan fingerprint density at radius 3 is 0.517 bits per heavy atom. The fourth-order valence-corrected chi connectivity index (χ4v) is 6.78.